The van der Waals surface area contributed by atoms with Crippen molar-refractivity contribution in [2.24, 2.45) is 4.99 Å². The Balaban J connectivity index is 3.59. The van der Waals surface area contributed by atoms with Gasteiger partial charge in [0.1, 0.15) is 6.54 Å². The van der Waals surface area contributed by atoms with E-state index in [1.165, 1.54) is 6.08 Å². The number of isocyanates is 1. The van der Waals surface area contributed by atoms with Crippen LogP contribution in [0, 0.1) is 0 Å². The largest absolute Gasteiger partial charge is 0.444 e. The molecule has 0 N–H and O–H groups in total. The summed E-state index contributed by atoms with van der Waals surface area (Å²) in [6.45, 7) is 1.60. The Hall–Kier alpha value is -0.860. The van der Waals surface area contributed by atoms with E-state index in [0.29, 0.717) is 0 Å². The number of halogens is 1. The number of carbonyl (C=O) groups is 1. The van der Waals surface area contributed by atoms with E-state index >= 15 is 0 Å². The summed E-state index contributed by atoms with van der Waals surface area (Å²) >= 11 is 5.42. The fraction of sp³-hybridized carbons (Fsp3) is 0.667. The number of aliphatic imine (C=N–C) groups is 1. The third-order valence-electron chi connectivity index (χ3n) is 0.847. The number of carbonyl (C=O) groups excluding carboxylic acids is 2. The first-order chi connectivity index (χ1) is 5.20. The standard InChI is InChI=1S/C6H8ClNO3/c1-2-6(10)11-5(7)3-8-4-9/h5H,2-3H2,1H3. The summed E-state index contributed by atoms with van der Waals surface area (Å²) < 4.78 is 4.56. The van der Waals surface area contributed by atoms with Gasteiger partial charge in [0.2, 0.25) is 6.08 Å². The number of ether oxygens (including phenoxy) is 1. The van der Waals surface area contributed by atoms with Gasteiger partial charge in [0.25, 0.3) is 0 Å². The number of nitrogens with zero attached hydrogens (tertiary/aromatic N) is 1. The van der Waals surface area contributed by atoms with Gasteiger partial charge in [-0.05, 0) is 0 Å². The zero-order valence-corrected chi connectivity index (χ0v) is 6.80. The van der Waals surface area contributed by atoms with Gasteiger partial charge in [0.15, 0.2) is 5.56 Å². The molecule has 5 heteroatoms. The van der Waals surface area contributed by atoms with E-state index in [0.717, 1.165) is 0 Å². The van der Waals surface area contributed by atoms with Crippen molar-refractivity contribution in [3.63, 3.8) is 0 Å². The summed E-state index contributed by atoms with van der Waals surface area (Å²) in [5, 5.41) is 0. The SMILES string of the molecule is CCC(=O)OC(Cl)CN=C=O. The van der Waals surface area contributed by atoms with Crippen molar-refractivity contribution in [3.05, 3.63) is 0 Å². The summed E-state index contributed by atoms with van der Waals surface area (Å²) in [5.74, 6) is -0.411. The van der Waals surface area contributed by atoms with Crippen molar-refractivity contribution in [1.82, 2.24) is 0 Å². The molecule has 4 nitrogen and oxygen atoms in total. The second-order valence-electron chi connectivity index (χ2n) is 1.69. The Bertz CT molecular complexity index is 177. The molecule has 0 aliphatic carbocycles. The zero-order chi connectivity index (χ0) is 8.69. The smallest absolute Gasteiger partial charge is 0.307 e. The topological polar surface area (TPSA) is 55.7 Å². The molecule has 62 valence electrons. The molecule has 0 spiro atoms. The molecule has 11 heavy (non-hydrogen) atoms. The van der Waals surface area contributed by atoms with Crippen molar-refractivity contribution >= 4 is 23.7 Å². The summed E-state index contributed by atoms with van der Waals surface area (Å²) in [7, 11) is 0. The van der Waals surface area contributed by atoms with Gasteiger partial charge in [-0.15, -0.1) is 0 Å². The van der Waals surface area contributed by atoms with E-state index in [-0.39, 0.29) is 13.0 Å². The quantitative estimate of drug-likeness (QED) is 0.277. The molecule has 0 aliphatic rings. The molecule has 0 rings (SSSR count). The molecule has 0 amide bonds. The van der Waals surface area contributed by atoms with Crippen LogP contribution in [0.15, 0.2) is 4.99 Å². The molecule has 1 unspecified atom stereocenters. The second-order valence-corrected chi connectivity index (χ2v) is 2.17. The van der Waals surface area contributed by atoms with Crippen LogP contribution in [-0.4, -0.2) is 24.2 Å². The number of esters is 1. The van der Waals surface area contributed by atoms with E-state index in [9.17, 15) is 9.59 Å². The van der Waals surface area contributed by atoms with Crippen LogP contribution in [0.3, 0.4) is 0 Å². The van der Waals surface area contributed by atoms with E-state index < -0.39 is 11.5 Å². The van der Waals surface area contributed by atoms with Crippen LogP contribution in [0.25, 0.3) is 0 Å². The van der Waals surface area contributed by atoms with Gasteiger partial charge >= 0.3 is 5.97 Å². The Labute approximate surface area is 69.2 Å². The molecule has 0 saturated heterocycles. The van der Waals surface area contributed by atoms with Crippen LogP contribution in [0.2, 0.25) is 0 Å². The lowest BCUT2D eigenvalue weighted by atomic mass is 10.5. The monoisotopic (exact) mass is 177 g/mol. The molecule has 0 heterocycles. The summed E-state index contributed by atoms with van der Waals surface area (Å²) in [6.07, 6.45) is 1.55. The van der Waals surface area contributed by atoms with Gasteiger partial charge in [-0.3, -0.25) is 4.79 Å². The second kappa shape index (κ2) is 5.89. The van der Waals surface area contributed by atoms with Crippen molar-refractivity contribution in [3.8, 4) is 0 Å². The molecule has 0 saturated carbocycles. The van der Waals surface area contributed by atoms with Gasteiger partial charge in [0, 0.05) is 6.42 Å². The Morgan fingerprint density at radius 3 is 2.91 bits per heavy atom. The molecule has 0 aromatic rings. The molecule has 1 atom stereocenters. The average Bonchev–Trinajstić information content (AvgIpc) is 2.00. The van der Waals surface area contributed by atoms with Gasteiger partial charge in [-0.2, -0.15) is 0 Å². The van der Waals surface area contributed by atoms with Crippen LogP contribution in [0.4, 0.5) is 0 Å². The Morgan fingerprint density at radius 2 is 2.45 bits per heavy atom. The third kappa shape index (κ3) is 5.58. The highest BCUT2D eigenvalue weighted by atomic mass is 35.5. The first kappa shape index (κ1) is 10.1. The lowest BCUT2D eigenvalue weighted by Crippen LogP contribution is -2.14. The summed E-state index contributed by atoms with van der Waals surface area (Å²) in [5.41, 5.74) is -0.858. The van der Waals surface area contributed by atoms with Crippen molar-refractivity contribution in [2.75, 3.05) is 6.54 Å². The van der Waals surface area contributed by atoms with E-state index in [2.05, 4.69) is 9.73 Å². The average molecular weight is 178 g/mol. The molecule has 0 aromatic carbocycles. The molecular formula is C6H8ClNO3. The molecule has 0 aromatic heterocycles. The number of rotatable bonds is 4. The minimum atomic E-state index is -0.858. The first-order valence-electron chi connectivity index (χ1n) is 3.08. The fourth-order valence-corrected chi connectivity index (χ4v) is 0.541. The molecule has 0 bridgehead atoms. The molecular weight excluding hydrogens is 170 g/mol. The molecule has 0 radical (unpaired) electrons. The maximum atomic E-state index is 10.5. The van der Waals surface area contributed by atoms with Crippen LogP contribution in [0.1, 0.15) is 13.3 Å². The van der Waals surface area contributed by atoms with E-state index in [1.807, 2.05) is 0 Å². The Kier molecular flexibility index (Phi) is 5.43. The van der Waals surface area contributed by atoms with Gasteiger partial charge in [-0.1, -0.05) is 18.5 Å². The lowest BCUT2D eigenvalue weighted by Gasteiger charge is -2.05. The van der Waals surface area contributed by atoms with Crippen molar-refractivity contribution in [2.45, 2.75) is 18.9 Å². The van der Waals surface area contributed by atoms with Gasteiger partial charge < -0.3 is 4.74 Å². The fourth-order valence-electron chi connectivity index (χ4n) is 0.372. The van der Waals surface area contributed by atoms with Crippen LogP contribution >= 0.6 is 11.6 Å². The van der Waals surface area contributed by atoms with E-state index in [1.54, 1.807) is 6.92 Å². The minimum absolute atomic E-state index is 0.0448. The lowest BCUT2D eigenvalue weighted by molar-refractivity contribution is -0.144. The number of hydrogen-bond donors (Lipinski definition) is 0. The van der Waals surface area contributed by atoms with Crippen molar-refractivity contribution in [1.29, 1.82) is 0 Å². The number of hydrogen-bond acceptors (Lipinski definition) is 4. The van der Waals surface area contributed by atoms with Crippen LogP contribution in [-0.2, 0) is 14.3 Å². The molecule has 0 aliphatic heterocycles. The highest BCUT2D eigenvalue weighted by molar-refractivity contribution is 6.20. The van der Waals surface area contributed by atoms with Gasteiger partial charge in [0.05, 0.1) is 0 Å². The predicted octanol–water partition coefficient (Wildman–Crippen LogP) is 0.840. The predicted molar refractivity (Wildman–Crippen MR) is 39.0 cm³/mol. The summed E-state index contributed by atoms with van der Waals surface area (Å²) in [6, 6.07) is 0. The first-order valence-corrected chi connectivity index (χ1v) is 3.51. The minimum Gasteiger partial charge on any atom is -0.444 e. The Morgan fingerprint density at radius 1 is 1.82 bits per heavy atom. The molecule has 0 fully saturated rings. The third-order valence-corrected chi connectivity index (χ3v) is 1.07. The summed E-state index contributed by atoms with van der Waals surface area (Å²) in [4.78, 5) is 23.3. The van der Waals surface area contributed by atoms with Crippen LogP contribution in [0.5, 0.6) is 0 Å². The normalized spacial score (nSPS) is 11.5. The maximum Gasteiger partial charge on any atom is 0.307 e. The highest BCUT2D eigenvalue weighted by Crippen LogP contribution is 2.00. The van der Waals surface area contributed by atoms with E-state index in [4.69, 9.17) is 11.6 Å². The highest BCUT2D eigenvalue weighted by Gasteiger charge is 2.07. The maximum absolute atomic E-state index is 10.5. The van der Waals surface area contributed by atoms with Crippen molar-refractivity contribution < 1.29 is 14.3 Å². The van der Waals surface area contributed by atoms with Gasteiger partial charge in [-0.25, -0.2) is 9.79 Å². The zero-order valence-electron chi connectivity index (χ0n) is 6.04. The van der Waals surface area contributed by atoms with Crippen LogP contribution < -0.4 is 0 Å². The number of alkyl halides is 1.